The predicted octanol–water partition coefficient (Wildman–Crippen LogP) is 3.93. The lowest BCUT2D eigenvalue weighted by atomic mass is 10.2. The van der Waals surface area contributed by atoms with Gasteiger partial charge in [0.2, 0.25) is 5.88 Å². The Morgan fingerprint density at radius 1 is 1.33 bits per heavy atom. The van der Waals surface area contributed by atoms with Crippen molar-refractivity contribution in [2.45, 2.75) is 13.5 Å². The van der Waals surface area contributed by atoms with E-state index < -0.39 is 0 Å². The molecule has 4 heterocycles. The van der Waals surface area contributed by atoms with Gasteiger partial charge in [0.25, 0.3) is 0 Å². The number of anilines is 2. The van der Waals surface area contributed by atoms with E-state index in [0.717, 1.165) is 34.0 Å². The number of ether oxygens (including phenoxy) is 1. The Hall–Kier alpha value is -3.03. The smallest absolute Gasteiger partial charge is 0.213 e. The summed E-state index contributed by atoms with van der Waals surface area (Å²) in [6, 6.07) is 7.40. The van der Waals surface area contributed by atoms with Gasteiger partial charge in [-0.15, -0.1) is 0 Å². The maximum absolute atomic E-state index is 9.47. The van der Waals surface area contributed by atoms with Crippen LogP contribution in [-0.4, -0.2) is 31.6 Å². The molecule has 27 heavy (non-hydrogen) atoms. The summed E-state index contributed by atoms with van der Waals surface area (Å²) < 4.78 is 6.98. The van der Waals surface area contributed by atoms with Crippen molar-refractivity contribution in [3.63, 3.8) is 0 Å². The lowest BCUT2D eigenvalue weighted by Gasteiger charge is -2.05. The first-order valence-corrected chi connectivity index (χ1v) is 8.70. The Kier molecular flexibility index (Phi) is 4.47. The number of fused-ring (bicyclic) bond motifs is 1. The Balaban J connectivity index is 1.70. The highest BCUT2D eigenvalue weighted by Crippen LogP contribution is 2.31. The molecule has 8 heteroatoms. The molecule has 0 atom stereocenters. The summed E-state index contributed by atoms with van der Waals surface area (Å²) in [4.78, 5) is 12.0. The second kappa shape index (κ2) is 6.94. The van der Waals surface area contributed by atoms with Crippen molar-refractivity contribution in [1.82, 2.24) is 19.4 Å². The van der Waals surface area contributed by atoms with Gasteiger partial charge in [-0.25, -0.2) is 9.97 Å². The molecule has 0 spiro atoms. The van der Waals surface area contributed by atoms with Crippen molar-refractivity contribution in [2.75, 3.05) is 12.4 Å². The zero-order chi connectivity index (χ0) is 19.0. The molecule has 138 valence electrons. The average molecular weight is 384 g/mol. The van der Waals surface area contributed by atoms with Crippen molar-refractivity contribution in [3.05, 3.63) is 59.1 Å². The zero-order valence-corrected chi connectivity index (χ0v) is 15.6. The van der Waals surface area contributed by atoms with Crippen molar-refractivity contribution in [3.8, 4) is 17.1 Å². The van der Waals surface area contributed by atoms with Gasteiger partial charge in [0.15, 0.2) is 5.65 Å². The van der Waals surface area contributed by atoms with Crippen LogP contribution in [-0.2, 0) is 6.61 Å². The first-order chi connectivity index (χ1) is 13.1. The number of aromatic nitrogens is 4. The number of nitrogens with one attached hydrogen (secondary N) is 2. The summed E-state index contributed by atoms with van der Waals surface area (Å²) >= 11 is 6.32. The van der Waals surface area contributed by atoms with E-state index in [-0.39, 0.29) is 6.61 Å². The molecule has 0 aliphatic carbocycles. The van der Waals surface area contributed by atoms with Crippen LogP contribution in [0.25, 0.3) is 16.9 Å². The summed E-state index contributed by atoms with van der Waals surface area (Å²) in [5, 5.41) is 13.3. The fourth-order valence-electron chi connectivity index (χ4n) is 3.04. The molecular formula is C19H18ClN5O2. The monoisotopic (exact) mass is 383 g/mol. The lowest BCUT2D eigenvalue weighted by Crippen LogP contribution is -1.94. The minimum atomic E-state index is -0.0866. The summed E-state index contributed by atoms with van der Waals surface area (Å²) in [5.74, 6) is 1.38. The quantitative estimate of drug-likeness (QED) is 0.486. The minimum Gasteiger partial charge on any atom is -0.481 e. The first-order valence-electron chi connectivity index (χ1n) is 8.33. The number of imidazole rings is 1. The van der Waals surface area contributed by atoms with Crippen LogP contribution in [0.5, 0.6) is 5.88 Å². The van der Waals surface area contributed by atoms with Crippen LogP contribution < -0.4 is 10.1 Å². The van der Waals surface area contributed by atoms with Crippen LogP contribution in [0.15, 0.2) is 42.9 Å². The Labute approximate surface area is 160 Å². The second-order valence-electron chi connectivity index (χ2n) is 6.11. The van der Waals surface area contributed by atoms with Crippen molar-refractivity contribution >= 4 is 28.8 Å². The highest BCUT2D eigenvalue weighted by Gasteiger charge is 2.15. The van der Waals surface area contributed by atoms with Crippen molar-refractivity contribution in [1.29, 1.82) is 0 Å². The molecule has 0 unspecified atom stereocenters. The molecule has 0 fully saturated rings. The van der Waals surface area contributed by atoms with Gasteiger partial charge in [-0.05, 0) is 30.7 Å². The number of H-pyrrole nitrogens is 1. The van der Waals surface area contributed by atoms with Gasteiger partial charge in [0.05, 0.1) is 42.0 Å². The van der Waals surface area contributed by atoms with E-state index in [1.165, 1.54) is 0 Å². The molecule has 0 aliphatic heterocycles. The third-order valence-corrected chi connectivity index (χ3v) is 4.55. The number of aryl methyl sites for hydroxylation is 1. The number of methoxy groups -OCH3 is 1. The number of aliphatic hydroxyl groups is 1. The van der Waals surface area contributed by atoms with Crippen molar-refractivity contribution in [2.24, 2.45) is 0 Å². The molecule has 0 aromatic carbocycles. The fourth-order valence-corrected chi connectivity index (χ4v) is 3.31. The maximum atomic E-state index is 9.47. The van der Waals surface area contributed by atoms with Crippen LogP contribution in [0.1, 0.15) is 11.3 Å². The van der Waals surface area contributed by atoms with Crippen LogP contribution in [0.2, 0.25) is 5.02 Å². The highest BCUT2D eigenvalue weighted by atomic mass is 35.5. The number of aliphatic hydroxyl groups excluding tert-OH is 1. The molecule has 0 aliphatic rings. The van der Waals surface area contributed by atoms with E-state index >= 15 is 0 Å². The number of aromatic amines is 1. The number of rotatable bonds is 5. The fraction of sp³-hybridized carbons (Fsp3) is 0.158. The largest absolute Gasteiger partial charge is 0.481 e. The molecule has 0 saturated heterocycles. The number of hydrogen-bond donors (Lipinski definition) is 3. The number of halogens is 1. The van der Waals surface area contributed by atoms with Gasteiger partial charge >= 0.3 is 0 Å². The molecule has 7 nitrogen and oxygen atoms in total. The van der Waals surface area contributed by atoms with E-state index in [9.17, 15) is 5.11 Å². The molecule has 3 N–H and O–H groups in total. The van der Waals surface area contributed by atoms with Crippen LogP contribution in [0.4, 0.5) is 11.5 Å². The first kappa shape index (κ1) is 17.4. The van der Waals surface area contributed by atoms with Crippen LogP contribution in [0.3, 0.4) is 0 Å². The molecule has 4 aromatic heterocycles. The van der Waals surface area contributed by atoms with E-state index in [4.69, 9.17) is 16.3 Å². The van der Waals surface area contributed by atoms with Gasteiger partial charge in [-0.3, -0.25) is 4.40 Å². The van der Waals surface area contributed by atoms with Crippen molar-refractivity contribution < 1.29 is 9.84 Å². The number of nitrogens with zero attached hydrogens (tertiary/aromatic N) is 3. The Morgan fingerprint density at radius 3 is 2.89 bits per heavy atom. The third-order valence-electron chi connectivity index (χ3n) is 4.27. The molecule has 4 rings (SSSR count). The summed E-state index contributed by atoms with van der Waals surface area (Å²) in [6.07, 6.45) is 5.45. The zero-order valence-electron chi connectivity index (χ0n) is 14.8. The third kappa shape index (κ3) is 3.22. The molecule has 4 aromatic rings. The van der Waals surface area contributed by atoms with E-state index in [0.29, 0.717) is 16.5 Å². The number of pyridine rings is 2. The van der Waals surface area contributed by atoms with Gasteiger partial charge in [-0.2, -0.15) is 0 Å². The van der Waals surface area contributed by atoms with Gasteiger partial charge < -0.3 is 20.1 Å². The molecular weight excluding hydrogens is 366 g/mol. The summed E-state index contributed by atoms with van der Waals surface area (Å²) in [6.45, 7) is 1.85. The van der Waals surface area contributed by atoms with Crippen LogP contribution in [0, 0.1) is 6.92 Å². The maximum Gasteiger partial charge on any atom is 0.213 e. The van der Waals surface area contributed by atoms with Gasteiger partial charge in [0, 0.05) is 24.0 Å². The van der Waals surface area contributed by atoms with E-state index in [1.807, 2.05) is 35.9 Å². The second-order valence-corrected chi connectivity index (χ2v) is 6.52. The summed E-state index contributed by atoms with van der Waals surface area (Å²) in [5.41, 5.74) is 4.95. The Morgan fingerprint density at radius 2 is 2.19 bits per heavy atom. The average Bonchev–Trinajstić information content (AvgIpc) is 3.25. The molecule has 0 amide bonds. The van der Waals surface area contributed by atoms with E-state index in [2.05, 4.69) is 20.3 Å². The molecule has 0 radical (unpaired) electrons. The minimum absolute atomic E-state index is 0.0866. The SMILES string of the molecule is COc1ccc(Nc2cc(-c3c(C)nc4c(Cl)cc(CO)cn34)c[nH]2)cn1. The normalized spacial score (nSPS) is 11.1. The highest BCUT2D eigenvalue weighted by molar-refractivity contribution is 6.33. The molecule has 0 bridgehead atoms. The van der Waals surface area contributed by atoms with Crippen LogP contribution >= 0.6 is 11.6 Å². The topological polar surface area (TPSA) is 87.5 Å². The van der Waals surface area contributed by atoms with Gasteiger partial charge in [0.1, 0.15) is 5.82 Å². The summed E-state index contributed by atoms with van der Waals surface area (Å²) in [7, 11) is 1.58. The lowest BCUT2D eigenvalue weighted by molar-refractivity contribution is 0.281. The molecule has 0 saturated carbocycles. The Bertz CT molecular complexity index is 1100. The number of hydrogen-bond acceptors (Lipinski definition) is 5. The van der Waals surface area contributed by atoms with E-state index in [1.54, 1.807) is 25.4 Å². The van der Waals surface area contributed by atoms with Gasteiger partial charge in [-0.1, -0.05) is 11.6 Å². The predicted molar refractivity (Wildman–Crippen MR) is 105 cm³/mol. The standard InChI is InChI=1S/C19H18ClN5O2/c1-11-18(25-9-12(10-26)5-15(20)19(25)23-11)13-6-16(21-7-13)24-14-3-4-17(27-2)22-8-14/h3-9,21,24,26H,10H2,1-2H3.